The first-order chi connectivity index (χ1) is 13.6. The van der Waals surface area contributed by atoms with Crippen molar-refractivity contribution >= 4 is 29.2 Å². The Labute approximate surface area is 167 Å². The Balaban J connectivity index is 1.43. The van der Waals surface area contributed by atoms with Gasteiger partial charge in [-0.25, -0.2) is 4.79 Å². The fourth-order valence-corrected chi connectivity index (χ4v) is 3.88. The van der Waals surface area contributed by atoms with Crippen LogP contribution in [0.2, 0.25) is 0 Å². The number of fused-ring (bicyclic) bond motifs is 1. The molecule has 0 aliphatic heterocycles. The Morgan fingerprint density at radius 3 is 2.57 bits per heavy atom. The average Bonchev–Trinajstić information content (AvgIpc) is 3.41. The number of hydrogen-bond donors (Lipinski definition) is 2. The van der Waals surface area contributed by atoms with E-state index in [2.05, 4.69) is 15.5 Å². The topological polar surface area (TPSA) is 89.6 Å². The highest BCUT2D eigenvalue weighted by atomic mass is 32.1. The summed E-state index contributed by atoms with van der Waals surface area (Å²) in [5.74, 6) is 0.632. The number of rotatable bonds is 8. The molecule has 0 radical (unpaired) electrons. The van der Waals surface area contributed by atoms with Gasteiger partial charge in [0.25, 0.3) is 0 Å². The molecule has 28 heavy (non-hydrogen) atoms. The molecule has 8 nitrogen and oxygen atoms in total. The van der Waals surface area contributed by atoms with Gasteiger partial charge in [0.15, 0.2) is 10.6 Å². The van der Waals surface area contributed by atoms with E-state index in [-0.39, 0.29) is 18.0 Å². The van der Waals surface area contributed by atoms with Gasteiger partial charge in [-0.1, -0.05) is 19.1 Å². The number of nitrogens with one attached hydrogen (secondary N) is 2. The number of aryl methyl sites for hydroxylation is 2. The van der Waals surface area contributed by atoms with Crippen LogP contribution in [0.15, 0.2) is 29.1 Å². The normalized spacial score (nSPS) is 13.9. The lowest BCUT2D eigenvalue weighted by molar-refractivity contribution is -0.121. The number of nitrogens with zero attached hydrogens (tertiary/aromatic N) is 4. The molecular weight excluding hydrogens is 376 g/mol. The Morgan fingerprint density at radius 1 is 1.25 bits per heavy atom. The molecule has 1 amide bonds. The molecule has 148 valence electrons. The first-order valence-corrected chi connectivity index (χ1v) is 10.1. The van der Waals surface area contributed by atoms with Crippen molar-refractivity contribution in [3.05, 3.63) is 45.3 Å². The van der Waals surface area contributed by atoms with E-state index >= 15 is 0 Å². The lowest BCUT2D eigenvalue weighted by Gasteiger charge is -2.07. The predicted molar refractivity (Wildman–Crippen MR) is 109 cm³/mol. The summed E-state index contributed by atoms with van der Waals surface area (Å²) in [5, 5.41) is 9.91. The summed E-state index contributed by atoms with van der Waals surface area (Å²) in [4.78, 5) is 25.1. The van der Waals surface area contributed by atoms with Crippen LogP contribution in [0.3, 0.4) is 0 Å². The number of carbonyl (C=O) groups excluding carboxylic acids is 1. The van der Waals surface area contributed by atoms with E-state index in [9.17, 15) is 9.59 Å². The lowest BCUT2D eigenvalue weighted by atomic mass is 10.3. The minimum atomic E-state index is -0.115. The Kier molecular flexibility index (Phi) is 5.17. The van der Waals surface area contributed by atoms with Gasteiger partial charge in [0, 0.05) is 25.6 Å². The van der Waals surface area contributed by atoms with Crippen LogP contribution in [0.4, 0.5) is 0 Å². The standard InChI is InChI=1S/C19H24N6O2S/c1-2-10-23-14-5-3-4-6-15(14)24(19(23)27)11-9-17(26)20-12-16-21-22-18(28)25(16)13-7-8-13/h3-6,13H,2,7-12H2,1H3,(H,20,26)(H,22,28). The third kappa shape index (κ3) is 3.54. The van der Waals surface area contributed by atoms with Crippen LogP contribution >= 0.6 is 12.2 Å². The molecule has 1 saturated carbocycles. The van der Waals surface area contributed by atoms with E-state index in [0.717, 1.165) is 36.1 Å². The summed E-state index contributed by atoms with van der Waals surface area (Å²) in [6.45, 7) is 3.39. The van der Waals surface area contributed by atoms with Gasteiger partial charge in [-0.15, -0.1) is 0 Å². The highest BCUT2D eigenvalue weighted by Gasteiger charge is 2.27. The van der Waals surface area contributed by atoms with Gasteiger partial charge in [0.1, 0.15) is 0 Å². The number of carbonyl (C=O) groups is 1. The maximum Gasteiger partial charge on any atom is 0.329 e. The number of aromatic nitrogens is 5. The van der Waals surface area contributed by atoms with Crippen molar-refractivity contribution in [1.82, 2.24) is 29.2 Å². The van der Waals surface area contributed by atoms with Gasteiger partial charge in [-0.2, -0.15) is 5.10 Å². The minimum absolute atomic E-state index is 0.0644. The van der Waals surface area contributed by atoms with Crippen molar-refractivity contribution in [3.63, 3.8) is 0 Å². The smallest absolute Gasteiger partial charge is 0.329 e. The van der Waals surface area contributed by atoms with Crippen molar-refractivity contribution in [2.75, 3.05) is 0 Å². The molecule has 1 aliphatic rings. The maximum absolute atomic E-state index is 12.8. The monoisotopic (exact) mass is 400 g/mol. The van der Waals surface area contributed by atoms with Gasteiger partial charge >= 0.3 is 5.69 Å². The molecular formula is C19H24N6O2S. The van der Waals surface area contributed by atoms with Gasteiger partial charge in [0.2, 0.25) is 5.91 Å². The number of imidazole rings is 1. The molecule has 1 fully saturated rings. The zero-order valence-electron chi connectivity index (χ0n) is 15.9. The zero-order valence-corrected chi connectivity index (χ0v) is 16.7. The van der Waals surface area contributed by atoms with Crippen LogP contribution < -0.4 is 11.0 Å². The molecule has 2 N–H and O–H groups in total. The lowest BCUT2D eigenvalue weighted by Crippen LogP contribution is -2.29. The van der Waals surface area contributed by atoms with E-state index in [4.69, 9.17) is 12.2 Å². The Morgan fingerprint density at radius 2 is 1.93 bits per heavy atom. The van der Waals surface area contributed by atoms with Crippen LogP contribution in [0.5, 0.6) is 0 Å². The van der Waals surface area contributed by atoms with Crippen LogP contribution in [0.1, 0.15) is 44.5 Å². The van der Waals surface area contributed by atoms with Crippen molar-refractivity contribution in [1.29, 1.82) is 0 Å². The number of H-pyrrole nitrogens is 1. The highest BCUT2D eigenvalue weighted by Crippen LogP contribution is 2.35. The van der Waals surface area contributed by atoms with Crippen LogP contribution in [-0.2, 0) is 24.4 Å². The SMILES string of the molecule is CCCn1c(=O)n(CCC(=O)NCc2n[nH]c(=S)n2C2CC2)c2ccccc21. The van der Waals surface area contributed by atoms with Crippen LogP contribution in [-0.4, -0.2) is 29.8 Å². The second kappa shape index (κ2) is 7.75. The second-order valence-corrected chi connectivity index (χ2v) is 7.53. The van der Waals surface area contributed by atoms with Gasteiger partial charge in [0.05, 0.1) is 17.6 Å². The third-order valence-corrected chi connectivity index (χ3v) is 5.36. The minimum Gasteiger partial charge on any atom is -0.349 e. The van der Waals surface area contributed by atoms with Crippen molar-refractivity contribution < 1.29 is 4.79 Å². The molecule has 0 spiro atoms. The van der Waals surface area contributed by atoms with Crippen molar-refractivity contribution in [3.8, 4) is 0 Å². The second-order valence-electron chi connectivity index (χ2n) is 7.15. The van der Waals surface area contributed by atoms with Crippen molar-refractivity contribution in [2.45, 2.75) is 58.3 Å². The van der Waals surface area contributed by atoms with Crippen LogP contribution in [0, 0.1) is 4.77 Å². The third-order valence-electron chi connectivity index (χ3n) is 5.07. The van der Waals surface area contributed by atoms with Crippen molar-refractivity contribution in [2.24, 2.45) is 0 Å². The van der Waals surface area contributed by atoms with E-state index in [1.165, 1.54) is 0 Å². The quantitative estimate of drug-likeness (QED) is 0.569. The molecule has 0 atom stereocenters. The fourth-order valence-electron chi connectivity index (χ4n) is 3.58. The molecule has 1 aliphatic carbocycles. The molecule has 0 bridgehead atoms. The average molecular weight is 401 g/mol. The summed E-state index contributed by atoms with van der Waals surface area (Å²) in [6, 6.07) is 8.12. The maximum atomic E-state index is 12.8. The number of para-hydroxylation sites is 2. The van der Waals surface area contributed by atoms with Gasteiger partial charge < -0.3 is 5.32 Å². The summed E-state index contributed by atoms with van der Waals surface area (Å²) in [6.07, 6.45) is 3.30. The molecule has 0 saturated heterocycles. The first kappa shape index (κ1) is 18.7. The van der Waals surface area contributed by atoms with Gasteiger partial charge in [-0.05, 0) is 43.6 Å². The predicted octanol–water partition coefficient (Wildman–Crippen LogP) is 2.51. The molecule has 4 rings (SSSR count). The van der Waals surface area contributed by atoms with E-state index in [1.54, 1.807) is 9.13 Å². The zero-order chi connectivity index (χ0) is 19.7. The molecule has 0 unspecified atom stereocenters. The summed E-state index contributed by atoms with van der Waals surface area (Å²) in [7, 11) is 0. The number of aromatic amines is 1. The molecule has 1 aromatic carbocycles. The Bertz CT molecular complexity index is 1120. The highest BCUT2D eigenvalue weighted by molar-refractivity contribution is 7.71. The summed E-state index contributed by atoms with van der Waals surface area (Å²) < 4.78 is 6.05. The van der Waals surface area contributed by atoms with E-state index in [1.807, 2.05) is 35.8 Å². The first-order valence-electron chi connectivity index (χ1n) is 9.70. The largest absolute Gasteiger partial charge is 0.349 e. The Hall–Kier alpha value is -2.68. The molecule has 3 aromatic rings. The number of hydrogen-bond acceptors (Lipinski definition) is 4. The van der Waals surface area contributed by atoms with E-state index in [0.29, 0.717) is 30.4 Å². The molecule has 9 heteroatoms. The number of amides is 1. The summed E-state index contributed by atoms with van der Waals surface area (Å²) >= 11 is 5.26. The summed E-state index contributed by atoms with van der Waals surface area (Å²) in [5.41, 5.74) is 1.71. The molecule has 2 heterocycles. The fraction of sp³-hybridized carbons (Fsp3) is 0.474. The van der Waals surface area contributed by atoms with E-state index < -0.39 is 0 Å². The van der Waals surface area contributed by atoms with Gasteiger partial charge in [-0.3, -0.25) is 23.6 Å². The molecule has 2 aromatic heterocycles. The number of benzene rings is 1. The van der Waals surface area contributed by atoms with Crippen LogP contribution in [0.25, 0.3) is 11.0 Å².